The molecule has 1 aromatic rings. The van der Waals surface area contributed by atoms with Crippen molar-refractivity contribution in [2.75, 3.05) is 43.7 Å². The third-order valence-electron chi connectivity index (χ3n) is 3.93. The molecule has 0 aliphatic rings. The Morgan fingerprint density at radius 3 is 1.62 bits per heavy atom. The summed E-state index contributed by atoms with van der Waals surface area (Å²) in [6, 6.07) is 0. The van der Waals surface area contributed by atoms with E-state index in [1.54, 1.807) is 0 Å². The molecule has 12 heteroatoms. The second-order valence-electron chi connectivity index (χ2n) is 6.28. The number of nitrogens with zero attached hydrogens (tertiary/aromatic N) is 1. The van der Waals surface area contributed by atoms with Gasteiger partial charge in [-0.25, -0.2) is 14.4 Å². The van der Waals surface area contributed by atoms with Crippen LogP contribution >= 0.6 is 37.9 Å². The number of nitrogens with one attached hydrogen (secondary N) is 2. The van der Waals surface area contributed by atoms with Gasteiger partial charge in [0.15, 0.2) is 0 Å². The molecule has 1 rings (SSSR count). The molecule has 29 heavy (non-hydrogen) atoms. The molecule has 1 aromatic heterocycles. The average Bonchev–Trinajstić information content (AvgIpc) is 2.67. The van der Waals surface area contributed by atoms with Crippen LogP contribution in [0.5, 0.6) is 0 Å². The average molecular weight is 470 g/mol. The molecule has 1 heterocycles. The van der Waals surface area contributed by atoms with Gasteiger partial charge in [-0.05, 0) is 55.8 Å². The van der Waals surface area contributed by atoms with E-state index in [2.05, 4.69) is 37.9 Å². The molecule has 0 amide bonds. The van der Waals surface area contributed by atoms with Crippen LogP contribution in [0.25, 0.3) is 0 Å². The van der Waals surface area contributed by atoms with Gasteiger partial charge < -0.3 is 14.2 Å². The van der Waals surface area contributed by atoms with Crippen molar-refractivity contribution in [3.8, 4) is 0 Å². The van der Waals surface area contributed by atoms with Crippen LogP contribution < -0.4 is 17.1 Å². The molecule has 168 valence electrons. The van der Waals surface area contributed by atoms with Crippen LogP contribution in [0.1, 0.15) is 38.5 Å². The van der Waals surface area contributed by atoms with Crippen molar-refractivity contribution in [2.24, 2.45) is 0 Å². The van der Waals surface area contributed by atoms with Crippen LogP contribution in [-0.4, -0.2) is 58.2 Å². The Morgan fingerprint density at radius 1 is 0.724 bits per heavy atom. The maximum absolute atomic E-state index is 12.5. The number of rotatable bonds is 17. The Labute approximate surface area is 186 Å². The monoisotopic (exact) mass is 469 g/mol. The Kier molecular flexibility index (Phi) is 13.8. The number of hydrogen-bond acceptors (Lipinski definition) is 9. The molecule has 0 saturated carbocycles. The lowest BCUT2D eigenvalue weighted by atomic mass is 10.3. The van der Waals surface area contributed by atoms with Crippen molar-refractivity contribution in [2.45, 2.75) is 44.4 Å². The third kappa shape index (κ3) is 9.35. The van der Waals surface area contributed by atoms with Gasteiger partial charge in [-0.3, -0.25) is 9.97 Å². The van der Waals surface area contributed by atoms with Crippen LogP contribution in [0.15, 0.2) is 14.4 Å². The van der Waals surface area contributed by atoms with Gasteiger partial charge in [-0.15, -0.1) is 0 Å². The standard InChI is InChI=1S/C17H31N3O6S3/c21-14-18-15(22)20(16(23)19-14)17(25-8-2-5-11-28,26-9-3-6-12-29)13-24-7-1-4-10-27/h27-29H,1-13H2,(H2,18,19,21,22,23). The van der Waals surface area contributed by atoms with E-state index < -0.39 is 23.0 Å². The molecular formula is C17H31N3O6S3. The zero-order valence-electron chi connectivity index (χ0n) is 16.4. The van der Waals surface area contributed by atoms with Crippen LogP contribution in [0.2, 0.25) is 0 Å². The van der Waals surface area contributed by atoms with Crippen molar-refractivity contribution in [3.05, 3.63) is 31.5 Å². The second kappa shape index (κ2) is 15.2. The number of H-pyrrole nitrogens is 2. The van der Waals surface area contributed by atoms with Crippen LogP contribution in [-0.2, 0) is 20.1 Å². The highest BCUT2D eigenvalue weighted by Crippen LogP contribution is 2.20. The van der Waals surface area contributed by atoms with Crippen molar-refractivity contribution >= 4 is 37.9 Å². The summed E-state index contributed by atoms with van der Waals surface area (Å²) in [5.74, 6) is 0.300. The van der Waals surface area contributed by atoms with Gasteiger partial charge in [0.2, 0.25) is 0 Å². The van der Waals surface area contributed by atoms with Crippen molar-refractivity contribution in [1.82, 2.24) is 14.5 Å². The number of aromatic amines is 2. The smallest absolute Gasteiger partial charge is 0.338 e. The highest BCUT2D eigenvalue weighted by atomic mass is 32.1. The lowest BCUT2D eigenvalue weighted by molar-refractivity contribution is -0.320. The first-order chi connectivity index (χ1) is 14.0. The van der Waals surface area contributed by atoms with Crippen LogP contribution in [0.4, 0.5) is 0 Å². The highest BCUT2D eigenvalue weighted by Gasteiger charge is 2.38. The molecule has 0 aromatic carbocycles. The molecule has 0 atom stereocenters. The quantitative estimate of drug-likeness (QED) is 0.132. The first kappa shape index (κ1) is 26.4. The first-order valence-corrected chi connectivity index (χ1v) is 11.5. The lowest BCUT2D eigenvalue weighted by Crippen LogP contribution is -2.58. The predicted octanol–water partition coefficient (Wildman–Crippen LogP) is 1.01. The van der Waals surface area contributed by atoms with Gasteiger partial charge in [0.1, 0.15) is 6.61 Å². The summed E-state index contributed by atoms with van der Waals surface area (Å²) in [5.41, 5.74) is -2.76. The zero-order chi connectivity index (χ0) is 21.5. The summed E-state index contributed by atoms with van der Waals surface area (Å²) >= 11 is 12.5. The minimum Gasteiger partial charge on any atom is -0.374 e. The molecule has 2 N–H and O–H groups in total. The van der Waals surface area contributed by atoms with E-state index in [0.29, 0.717) is 31.0 Å². The molecule has 0 aliphatic carbocycles. The molecule has 0 spiro atoms. The molecule has 0 bridgehead atoms. The lowest BCUT2D eigenvalue weighted by Gasteiger charge is -2.33. The largest absolute Gasteiger partial charge is 0.374 e. The molecule has 0 radical (unpaired) electrons. The zero-order valence-corrected chi connectivity index (χ0v) is 19.1. The summed E-state index contributed by atoms with van der Waals surface area (Å²) in [6.07, 6.45) is 4.51. The Hall–Kier alpha value is -0.660. The van der Waals surface area contributed by atoms with Crippen molar-refractivity contribution in [3.63, 3.8) is 0 Å². The van der Waals surface area contributed by atoms with E-state index in [1.807, 2.05) is 9.97 Å². The Bertz CT molecular complexity index is 690. The van der Waals surface area contributed by atoms with Crippen molar-refractivity contribution in [1.29, 1.82) is 0 Å². The van der Waals surface area contributed by atoms with E-state index in [9.17, 15) is 14.4 Å². The van der Waals surface area contributed by atoms with Gasteiger partial charge in [0.25, 0.3) is 5.91 Å². The molecular weight excluding hydrogens is 438 g/mol. The summed E-state index contributed by atoms with van der Waals surface area (Å²) in [7, 11) is 0. The number of hydrogen-bond donors (Lipinski definition) is 5. The minimum atomic E-state index is -1.79. The van der Waals surface area contributed by atoms with E-state index in [-0.39, 0.29) is 19.8 Å². The summed E-state index contributed by atoms with van der Waals surface area (Å²) in [6.45, 7) is 0.644. The first-order valence-electron chi connectivity index (χ1n) is 9.65. The van der Waals surface area contributed by atoms with Crippen molar-refractivity contribution < 1.29 is 14.2 Å². The molecule has 9 nitrogen and oxygen atoms in total. The van der Waals surface area contributed by atoms with E-state index in [4.69, 9.17) is 14.2 Å². The summed E-state index contributed by atoms with van der Waals surface area (Å²) < 4.78 is 18.2. The highest BCUT2D eigenvalue weighted by molar-refractivity contribution is 7.80. The summed E-state index contributed by atoms with van der Waals surface area (Å²) in [4.78, 5) is 40.5. The SMILES string of the molecule is O=c1[nH]c(=O)n(C(COCCCCS)(OCCCCS)OCCCCS)c(=O)[nH]1. The maximum atomic E-state index is 12.5. The van der Waals surface area contributed by atoms with Gasteiger partial charge >= 0.3 is 17.1 Å². The number of thiol groups is 3. The second-order valence-corrected chi connectivity index (χ2v) is 7.62. The van der Waals surface area contributed by atoms with Crippen LogP contribution in [0, 0.1) is 0 Å². The van der Waals surface area contributed by atoms with Gasteiger partial charge in [-0.2, -0.15) is 42.5 Å². The van der Waals surface area contributed by atoms with E-state index in [0.717, 1.165) is 36.0 Å². The Balaban J connectivity index is 3.17. The Morgan fingerprint density at radius 2 is 1.17 bits per heavy atom. The fourth-order valence-corrected chi connectivity index (χ4v) is 3.14. The fourth-order valence-electron chi connectivity index (χ4n) is 2.47. The van der Waals surface area contributed by atoms with E-state index in [1.165, 1.54) is 0 Å². The van der Waals surface area contributed by atoms with Gasteiger partial charge in [0, 0.05) is 6.61 Å². The topological polar surface area (TPSA) is 115 Å². The third-order valence-corrected chi connectivity index (χ3v) is 4.88. The predicted molar refractivity (Wildman–Crippen MR) is 122 cm³/mol. The summed E-state index contributed by atoms with van der Waals surface area (Å²) in [5, 5.41) is 0. The maximum Gasteiger partial charge on any atom is 0.338 e. The molecule has 0 saturated heterocycles. The van der Waals surface area contributed by atoms with Gasteiger partial charge in [0.05, 0.1) is 13.2 Å². The van der Waals surface area contributed by atoms with Gasteiger partial charge in [-0.1, -0.05) is 0 Å². The molecule has 0 unspecified atom stereocenters. The molecule has 0 fully saturated rings. The fraction of sp³-hybridized carbons (Fsp3) is 0.824. The minimum absolute atomic E-state index is 0.184. The number of ether oxygens (including phenoxy) is 3. The normalized spacial score (nSPS) is 11.8. The number of aromatic nitrogens is 3. The van der Waals surface area contributed by atoms with Crippen LogP contribution in [0.3, 0.4) is 0 Å². The van der Waals surface area contributed by atoms with E-state index >= 15 is 0 Å². The number of unbranched alkanes of at least 4 members (excludes halogenated alkanes) is 3. The molecule has 0 aliphatic heterocycles.